The molecule has 2 saturated carbocycles. The third-order valence-corrected chi connectivity index (χ3v) is 8.89. The molecule has 0 heterocycles. The lowest BCUT2D eigenvalue weighted by Crippen LogP contribution is -2.18. The Bertz CT molecular complexity index is 324. The Hall–Kier alpha value is 0. The van der Waals surface area contributed by atoms with Crippen molar-refractivity contribution >= 4 is 0 Å². The van der Waals surface area contributed by atoms with Crippen LogP contribution in [0.4, 0.5) is 0 Å². The molecule has 30 heavy (non-hydrogen) atoms. The van der Waals surface area contributed by atoms with Gasteiger partial charge in [-0.05, 0) is 23.7 Å². The maximum absolute atomic E-state index is 2.37. The number of hydrogen-bond donors (Lipinski definition) is 0. The van der Waals surface area contributed by atoms with E-state index in [9.17, 15) is 0 Å². The van der Waals surface area contributed by atoms with Crippen LogP contribution in [0.2, 0.25) is 0 Å². The molecule has 0 nitrogen and oxygen atoms in total. The molecule has 2 atom stereocenters. The van der Waals surface area contributed by atoms with Gasteiger partial charge in [-0.15, -0.1) is 0 Å². The SMILES string of the molecule is CCCCC(CCCCCCCCC(CCCC)C1CCCCC1)C1CCCCC1. The summed E-state index contributed by atoms with van der Waals surface area (Å²) >= 11 is 0. The van der Waals surface area contributed by atoms with Crippen molar-refractivity contribution in [1.82, 2.24) is 0 Å². The van der Waals surface area contributed by atoms with Crippen molar-refractivity contribution in [1.29, 1.82) is 0 Å². The Morgan fingerprint density at radius 1 is 0.433 bits per heavy atom. The fourth-order valence-electron chi connectivity index (χ4n) is 6.90. The van der Waals surface area contributed by atoms with E-state index in [1.54, 1.807) is 38.5 Å². The molecule has 0 amide bonds. The van der Waals surface area contributed by atoms with Crippen LogP contribution in [0.25, 0.3) is 0 Å². The fraction of sp³-hybridized carbons (Fsp3) is 1.00. The molecule has 0 aromatic carbocycles. The Labute approximate surface area is 191 Å². The van der Waals surface area contributed by atoms with Crippen LogP contribution in [0.15, 0.2) is 0 Å². The van der Waals surface area contributed by atoms with E-state index in [1.807, 2.05) is 0 Å². The van der Waals surface area contributed by atoms with Crippen molar-refractivity contribution in [2.24, 2.45) is 23.7 Å². The molecule has 0 spiro atoms. The van der Waals surface area contributed by atoms with Crippen molar-refractivity contribution in [2.45, 2.75) is 168 Å². The molecule has 2 aliphatic rings. The molecule has 0 N–H and O–H groups in total. The molecule has 0 aliphatic heterocycles. The Balaban J connectivity index is 1.53. The van der Waals surface area contributed by atoms with Gasteiger partial charge in [-0.1, -0.05) is 168 Å². The summed E-state index contributed by atoms with van der Waals surface area (Å²) in [5.41, 5.74) is 0. The van der Waals surface area contributed by atoms with Crippen molar-refractivity contribution in [2.75, 3.05) is 0 Å². The minimum atomic E-state index is 1.07. The van der Waals surface area contributed by atoms with Crippen molar-refractivity contribution < 1.29 is 0 Å². The van der Waals surface area contributed by atoms with Crippen LogP contribution in [0.3, 0.4) is 0 Å². The molecule has 2 rings (SSSR count). The van der Waals surface area contributed by atoms with E-state index in [0.717, 1.165) is 23.7 Å². The maximum Gasteiger partial charge on any atom is -0.0386 e. The summed E-state index contributed by atoms with van der Waals surface area (Å²) in [7, 11) is 0. The predicted molar refractivity (Wildman–Crippen MR) is 136 cm³/mol. The van der Waals surface area contributed by atoms with Crippen LogP contribution in [-0.4, -0.2) is 0 Å². The Morgan fingerprint density at radius 2 is 0.767 bits per heavy atom. The molecular weight excluding hydrogens is 360 g/mol. The van der Waals surface area contributed by atoms with Crippen LogP contribution in [0.1, 0.15) is 168 Å². The second-order valence-electron chi connectivity index (χ2n) is 11.3. The number of hydrogen-bond acceptors (Lipinski definition) is 0. The highest BCUT2D eigenvalue weighted by Gasteiger charge is 2.23. The summed E-state index contributed by atoms with van der Waals surface area (Å²) in [5.74, 6) is 4.32. The molecule has 0 bridgehead atoms. The normalized spacial score (nSPS) is 21.0. The van der Waals surface area contributed by atoms with Gasteiger partial charge in [-0.3, -0.25) is 0 Å². The summed E-state index contributed by atoms with van der Waals surface area (Å²) in [4.78, 5) is 0. The quantitative estimate of drug-likeness (QED) is 0.206. The minimum Gasteiger partial charge on any atom is -0.0654 e. The maximum atomic E-state index is 2.37. The zero-order chi connectivity index (χ0) is 21.3. The summed E-state index contributed by atoms with van der Waals surface area (Å²) in [5, 5.41) is 0. The average Bonchev–Trinajstić information content (AvgIpc) is 2.80. The van der Waals surface area contributed by atoms with Crippen LogP contribution < -0.4 is 0 Å². The summed E-state index contributed by atoms with van der Waals surface area (Å²) < 4.78 is 0. The van der Waals surface area contributed by atoms with Gasteiger partial charge in [-0.2, -0.15) is 0 Å². The lowest BCUT2D eigenvalue weighted by molar-refractivity contribution is 0.214. The standard InChI is InChI=1S/C30H58/c1-3-5-19-27(29-23-15-11-16-24-29)21-13-9-7-8-10-14-22-28(20-6-4-2)30-25-17-12-18-26-30/h27-30H,3-26H2,1-2H3. The largest absolute Gasteiger partial charge is 0.0654 e. The second-order valence-corrected chi connectivity index (χ2v) is 11.3. The van der Waals surface area contributed by atoms with Gasteiger partial charge in [0.25, 0.3) is 0 Å². The molecule has 2 unspecified atom stereocenters. The van der Waals surface area contributed by atoms with Crippen LogP contribution >= 0.6 is 0 Å². The number of rotatable bonds is 17. The first-order valence-corrected chi connectivity index (χ1v) is 14.8. The van der Waals surface area contributed by atoms with E-state index in [1.165, 1.54) is 116 Å². The lowest BCUT2D eigenvalue weighted by Gasteiger charge is -2.30. The Morgan fingerprint density at radius 3 is 1.13 bits per heavy atom. The van der Waals surface area contributed by atoms with Crippen molar-refractivity contribution in [3.8, 4) is 0 Å². The van der Waals surface area contributed by atoms with Gasteiger partial charge in [0.2, 0.25) is 0 Å². The van der Waals surface area contributed by atoms with Crippen LogP contribution in [-0.2, 0) is 0 Å². The van der Waals surface area contributed by atoms with Gasteiger partial charge in [-0.25, -0.2) is 0 Å². The second kappa shape index (κ2) is 17.5. The van der Waals surface area contributed by atoms with Gasteiger partial charge in [0, 0.05) is 0 Å². The van der Waals surface area contributed by atoms with Crippen molar-refractivity contribution in [3.05, 3.63) is 0 Å². The first-order chi connectivity index (χ1) is 14.8. The molecule has 0 heteroatoms. The highest BCUT2D eigenvalue weighted by molar-refractivity contribution is 4.75. The molecule has 0 radical (unpaired) electrons. The van der Waals surface area contributed by atoms with Gasteiger partial charge in [0.1, 0.15) is 0 Å². The van der Waals surface area contributed by atoms with E-state index in [-0.39, 0.29) is 0 Å². The summed E-state index contributed by atoms with van der Waals surface area (Å²) in [6.45, 7) is 4.75. The number of unbranched alkanes of at least 4 members (excludes halogenated alkanes) is 7. The smallest absolute Gasteiger partial charge is 0.0386 e. The molecule has 2 aliphatic carbocycles. The molecule has 2 fully saturated rings. The molecule has 178 valence electrons. The van der Waals surface area contributed by atoms with E-state index < -0.39 is 0 Å². The lowest BCUT2D eigenvalue weighted by atomic mass is 9.75. The van der Waals surface area contributed by atoms with Crippen LogP contribution in [0, 0.1) is 23.7 Å². The zero-order valence-corrected chi connectivity index (χ0v) is 21.3. The third kappa shape index (κ3) is 11.0. The minimum absolute atomic E-state index is 1.07. The highest BCUT2D eigenvalue weighted by atomic mass is 14.3. The summed E-state index contributed by atoms with van der Waals surface area (Å²) in [6.07, 6.45) is 36.3. The van der Waals surface area contributed by atoms with Gasteiger partial charge in [0.15, 0.2) is 0 Å². The van der Waals surface area contributed by atoms with Gasteiger partial charge >= 0.3 is 0 Å². The first kappa shape index (κ1) is 26.3. The predicted octanol–water partition coefficient (Wildman–Crippen LogP) is 10.9. The molecular formula is C30H58. The van der Waals surface area contributed by atoms with E-state index in [0.29, 0.717) is 0 Å². The topological polar surface area (TPSA) is 0 Å². The van der Waals surface area contributed by atoms with E-state index in [2.05, 4.69) is 13.8 Å². The highest BCUT2D eigenvalue weighted by Crippen LogP contribution is 2.37. The van der Waals surface area contributed by atoms with Crippen LogP contribution in [0.5, 0.6) is 0 Å². The van der Waals surface area contributed by atoms with Crippen molar-refractivity contribution in [3.63, 3.8) is 0 Å². The zero-order valence-electron chi connectivity index (χ0n) is 21.3. The van der Waals surface area contributed by atoms with Gasteiger partial charge in [0.05, 0.1) is 0 Å². The molecule has 0 saturated heterocycles. The first-order valence-electron chi connectivity index (χ1n) is 14.8. The Kier molecular flexibility index (Phi) is 15.4. The monoisotopic (exact) mass is 418 g/mol. The third-order valence-electron chi connectivity index (χ3n) is 8.89. The summed E-state index contributed by atoms with van der Waals surface area (Å²) in [6, 6.07) is 0. The van der Waals surface area contributed by atoms with E-state index >= 15 is 0 Å². The van der Waals surface area contributed by atoms with Gasteiger partial charge < -0.3 is 0 Å². The fourth-order valence-corrected chi connectivity index (χ4v) is 6.90. The molecule has 0 aromatic rings. The average molecular weight is 419 g/mol. The van der Waals surface area contributed by atoms with E-state index in [4.69, 9.17) is 0 Å². The molecule has 0 aromatic heterocycles.